The molecule has 21 heavy (non-hydrogen) atoms. The van der Waals surface area contributed by atoms with Crippen LogP contribution in [0.4, 0.5) is 0 Å². The van der Waals surface area contributed by atoms with Crippen LogP contribution in [0.5, 0.6) is 0 Å². The number of amides is 1. The van der Waals surface area contributed by atoms with Crippen LogP contribution in [0.3, 0.4) is 0 Å². The van der Waals surface area contributed by atoms with Gasteiger partial charge in [0.15, 0.2) is 0 Å². The molecule has 0 saturated carbocycles. The van der Waals surface area contributed by atoms with Crippen LogP contribution in [0, 0.1) is 0 Å². The first kappa shape index (κ1) is 13.4. The lowest BCUT2D eigenvalue weighted by Gasteiger charge is -2.06. The zero-order valence-electron chi connectivity index (χ0n) is 12.1. The molecule has 0 aliphatic carbocycles. The lowest BCUT2D eigenvalue weighted by Crippen LogP contribution is -2.18. The van der Waals surface area contributed by atoms with Crippen LogP contribution in [0.1, 0.15) is 12.5 Å². The predicted molar refractivity (Wildman–Crippen MR) is 83.7 cm³/mol. The lowest BCUT2D eigenvalue weighted by atomic mass is 10.0. The molecule has 1 heterocycles. The van der Waals surface area contributed by atoms with Crippen molar-refractivity contribution in [1.82, 2.24) is 14.9 Å². The fourth-order valence-corrected chi connectivity index (χ4v) is 2.40. The molecule has 0 saturated heterocycles. The van der Waals surface area contributed by atoms with Crippen LogP contribution in [0.2, 0.25) is 0 Å². The number of carbonyl (C=O) groups is 1. The number of hydrogen-bond acceptors (Lipinski definition) is 2. The summed E-state index contributed by atoms with van der Waals surface area (Å²) in [6.45, 7) is 2.08. The third kappa shape index (κ3) is 2.79. The highest BCUT2D eigenvalue weighted by atomic mass is 16.1. The summed E-state index contributed by atoms with van der Waals surface area (Å²) >= 11 is 0. The predicted octanol–water partition coefficient (Wildman–Crippen LogP) is 2.88. The number of aryl methyl sites for hydroxylation is 1. The molecule has 1 N–H and O–H groups in total. The van der Waals surface area contributed by atoms with Gasteiger partial charge in [0.05, 0.1) is 17.4 Å². The normalized spacial score (nSPS) is 10.8. The highest BCUT2D eigenvalue weighted by Crippen LogP contribution is 2.24. The fourth-order valence-electron chi connectivity index (χ4n) is 2.40. The van der Waals surface area contributed by atoms with Crippen molar-refractivity contribution in [3.8, 4) is 11.1 Å². The second-order valence-electron chi connectivity index (χ2n) is 5.17. The molecular weight excluding hydrogens is 262 g/mol. The van der Waals surface area contributed by atoms with Crippen molar-refractivity contribution in [3.05, 3.63) is 54.4 Å². The van der Waals surface area contributed by atoms with E-state index in [4.69, 9.17) is 0 Å². The van der Waals surface area contributed by atoms with Crippen LogP contribution in [0.15, 0.2) is 48.8 Å². The largest absolute Gasteiger partial charge is 0.352 e. The molecule has 3 aromatic rings. The van der Waals surface area contributed by atoms with E-state index in [1.807, 2.05) is 30.1 Å². The minimum Gasteiger partial charge on any atom is -0.352 e. The number of nitrogens with one attached hydrogen (secondary N) is 1. The van der Waals surface area contributed by atoms with E-state index >= 15 is 0 Å². The molecule has 0 bridgehead atoms. The van der Waals surface area contributed by atoms with Crippen molar-refractivity contribution in [1.29, 1.82) is 0 Å². The van der Waals surface area contributed by atoms with Gasteiger partial charge >= 0.3 is 0 Å². The third-order valence-electron chi connectivity index (χ3n) is 3.53. The number of hydrogen-bond donors (Lipinski definition) is 1. The van der Waals surface area contributed by atoms with Gasteiger partial charge in [0.2, 0.25) is 5.91 Å². The average molecular weight is 279 g/mol. The van der Waals surface area contributed by atoms with Crippen LogP contribution >= 0.6 is 0 Å². The maximum atomic E-state index is 11.0. The minimum absolute atomic E-state index is 0.0182. The standard InChI is InChI=1S/C17H17N3O/c1-12(21)18-10-13-4-3-5-14(8-13)15-6-7-17-16(9-15)19-11-20(17)2/h3-9,11H,10H2,1-2H3,(H,18,21). The minimum atomic E-state index is -0.0182. The SMILES string of the molecule is CC(=O)NCc1cccc(-c2ccc3c(c2)ncn3C)c1. The molecule has 4 heteroatoms. The number of carbonyl (C=O) groups excluding carboxylic acids is 1. The quantitative estimate of drug-likeness (QED) is 0.801. The molecule has 0 atom stereocenters. The van der Waals surface area contributed by atoms with E-state index in [0.29, 0.717) is 6.54 Å². The van der Waals surface area contributed by atoms with Crippen molar-refractivity contribution in [3.63, 3.8) is 0 Å². The second-order valence-corrected chi connectivity index (χ2v) is 5.17. The van der Waals surface area contributed by atoms with Crippen LogP contribution < -0.4 is 5.32 Å². The lowest BCUT2D eigenvalue weighted by molar-refractivity contribution is -0.119. The average Bonchev–Trinajstić information content (AvgIpc) is 2.86. The van der Waals surface area contributed by atoms with E-state index in [0.717, 1.165) is 27.7 Å². The summed E-state index contributed by atoms with van der Waals surface area (Å²) in [7, 11) is 1.99. The van der Waals surface area contributed by atoms with E-state index in [1.165, 1.54) is 6.92 Å². The Morgan fingerprint density at radius 2 is 2.00 bits per heavy atom. The van der Waals surface area contributed by atoms with Gasteiger partial charge in [-0.3, -0.25) is 4.79 Å². The molecule has 0 radical (unpaired) electrons. The first-order valence-electron chi connectivity index (χ1n) is 6.88. The zero-order chi connectivity index (χ0) is 14.8. The molecule has 0 fully saturated rings. The maximum Gasteiger partial charge on any atom is 0.217 e. The summed E-state index contributed by atoms with van der Waals surface area (Å²) in [6, 6.07) is 14.5. The number of imidazole rings is 1. The van der Waals surface area contributed by atoms with Crippen molar-refractivity contribution in [2.24, 2.45) is 7.05 Å². The van der Waals surface area contributed by atoms with Crippen molar-refractivity contribution in [2.45, 2.75) is 13.5 Å². The van der Waals surface area contributed by atoms with Crippen LogP contribution in [0.25, 0.3) is 22.2 Å². The fraction of sp³-hybridized carbons (Fsp3) is 0.176. The molecule has 2 aromatic carbocycles. The monoisotopic (exact) mass is 279 g/mol. The maximum absolute atomic E-state index is 11.0. The molecule has 1 amide bonds. The molecule has 0 unspecified atom stereocenters. The summed E-state index contributed by atoms with van der Waals surface area (Å²) in [5.41, 5.74) is 5.45. The summed E-state index contributed by atoms with van der Waals surface area (Å²) in [5, 5.41) is 2.82. The van der Waals surface area contributed by atoms with E-state index in [9.17, 15) is 4.79 Å². The summed E-state index contributed by atoms with van der Waals surface area (Å²) in [4.78, 5) is 15.4. The Hall–Kier alpha value is -2.62. The van der Waals surface area contributed by atoms with E-state index < -0.39 is 0 Å². The molecule has 1 aromatic heterocycles. The molecule has 0 spiro atoms. The van der Waals surface area contributed by atoms with Gasteiger partial charge in [-0.05, 0) is 34.9 Å². The Balaban J connectivity index is 1.94. The Morgan fingerprint density at radius 3 is 2.81 bits per heavy atom. The first-order valence-corrected chi connectivity index (χ1v) is 6.88. The molecule has 0 aliphatic heterocycles. The smallest absolute Gasteiger partial charge is 0.217 e. The zero-order valence-corrected chi connectivity index (χ0v) is 12.1. The van der Waals surface area contributed by atoms with Crippen molar-refractivity contribution < 1.29 is 4.79 Å². The number of nitrogens with zero attached hydrogens (tertiary/aromatic N) is 2. The Bertz CT molecular complexity index is 805. The molecule has 4 nitrogen and oxygen atoms in total. The van der Waals surface area contributed by atoms with Gasteiger partial charge < -0.3 is 9.88 Å². The highest BCUT2D eigenvalue weighted by molar-refractivity contribution is 5.82. The summed E-state index contributed by atoms with van der Waals surface area (Å²) in [6.07, 6.45) is 1.82. The number of aromatic nitrogens is 2. The summed E-state index contributed by atoms with van der Waals surface area (Å²) < 4.78 is 2.01. The van der Waals surface area contributed by atoms with Gasteiger partial charge in [-0.15, -0.1) is 0 Å². The van der Waals surface area contributed by atoms with E-state index in [1.54, 1.807) is 0 Å². The molecule has 0 aliphatic rings. The topological polar surface area (TPSA) is 46.9 Å². The summed E-state index contributed by atoms with van der Waals surface area (Å²) in [5.74, 6) is -0.0182. The highest BCUT2D eigenvalue weighted by Gasteiger charge is 2.04. The Kier molecular flexibility index (Phi) is 3.44. The van der Waals surface area contributed by atoms with Gasteiger partial charge in [-0.25, -0.2) is 4.98 Å². The van der Waals surface area contributed by atoms with E-state index in [2.05, 4.69) is 40.6 Å². The Morgan fingerprint density at radius 1 is 1.19 bits per heavy atom. The van der Waals surface area contributed by atoms with Crippen LogP contribution in [-0.4, -0.2) is 15.5 Å². The first-order chi connectivity index (χ1) is 10.1. The Labute approximate surface area is 123 Å². The van der Waals surface area contributed by atoms with Gasteiger partial charge in [0.25, 0.3) is 0 Å². The molecule has 3 rings (SSSR count). The number of rotatable bonds is 3. The van der Waals surface area contributed by atoms with Gasteiger partial charge in [-0.1, -0.05) is 24.3 Å². The molecular formula is C17H17N3O. The van der Waals surface area contributed by atoms with Crippen LogP contribution in [-0.2, 0) is 18.4 Å². The van der Waals surface area contributed by atoms with Gasteiger partial charge in [0.1, 0.15) is 0 Å². The second kappa shape index (κ2) is 5.40. The number of benzene rings is 2. The third-order valence-corrected chi connectivity index (χ3v) is 3.53. The van der Waals surface area contributed by atoms with Crippen molar-refractivity contribution >= 4 is 16.9 Å². The number of fused-ring (bicyclic) bond motifs is 1. The van der Waals surface area contributed by atoms with Gasteiger partial charge in [-0.2, -0.15) is 0 Å². The van der Waals surface area contributed by atoms with E-state index in [-0.39, 0.29) is 5.91 Å². The molecule has 106 valence electrons. The van der Waals surface area contributed by atoms with Crippen molar-refractivity contribution in [2.75, 3.05) is 0 Å². The van der Waals surface area contributed by atoms with Gasteiger partial charge in [0, 0.05) is 20.5 Å².